The molecule has 0 aromatic heterocycles. The number of hydrogen-bond donors (Lipinski definition) is 3. The SMILES string of the molecule is CCCC(N)C(=O)Nc1cc(C(=O)OCC)ccc1NCC.Cl. The van der Waals surface area contributed by atoms with E-state index in [2.05, 4.69) is 10.6 Å². The lowest BCUT2D eigenvalue weighted by atomic mass is 10.1. The van der Waals surface area contributed by atoms with Crippen LogP contribution in [0.5, 0.6) is 0 Å². The van der Waals surface area contributed by atoms with Crippen molar-refractivity contribution in [3.05, 3.63) is 23.8 Å². The van der Waals surface area contributed by atoms with Crippen LogP contribution in [0, 0.1) is 0 Å². The Morgan fingerprint density at radius 3 is 2.48 bits per heavy atom. The Hall–Kier alpha value is -1.79. The smallest absolute Gasteiger partial charge is 0.338 e. The van der Waals surface area contributed by atoms with Crippen molar-refractivity contribution in [2.45, 2.75) is 39.7 Å². The largest absolute Gasteiger partial charge is 0.462 e. The van der Waals surface area contributed by atoms with Crippen molar-refractivity contribution in [1.82, 2.24) is 0 Å². The number of nitrogens with one attached hydrogen (secondary N) is 2. The molecule has 130 valence electrons. The second kappa shape index (κ2) is 10.9. The van der Waals surface area contributed by atoms with Crippen LogP contribution in [-0.2, 0) is 9.53 Å². The molecule has 0 heterocycles. The molecule has 1 aromatic rings. The van der Waals surface area contributed by atoms with Gasteiger partial charge in [-0.3, -0.25) is 4.79 Å². The lowest BCUT2D eigenvalue weighted by Gasteiger charge is -2.16. The average Bonchev–Trinajstić information content (AvgIpc) is 2.49. The summed E-state index contributed by atoms with van der Waals surface area (Å²) in [4.78, 5) is 23.9. The highest BCUT2D eigenvalue weighted by atomic mass is 35.5. The molecular formula is C16H26ClN3O3. The number of carbonyl (C=O) groups excluding carboxylic acids is 2. The Bertz CT molecular complexity index is 523. The zero-order valence-corrected chi connectivity index (χ0v) is 14.7. The number of ether oxygens (including phenoxy) is 1. The molecule has 0 spiro atoms. The lowest BCUT2D eigenvalue weighted by molar-refractivity contribution is -0.117. The fourth-order valence-electron chi connectivity index (χ4n) is 2.00. The van der Waals surface area contributed by atoms with E-state index < -0.39 is 12.0 Å². The number of carbonyl (C=O) groups is 2. The van der Waals surface area contributed by atoms with Crippen molar-refractivity contribution in [2.24, 2.45) is 5.73 Å². The zero-order chi connectivity index (χ0) is 16.5. The summed E-state index contributed by atoms with van der Waals surface area (Å²) in [5.41, 5.74) is 7.49. The fraction of sp³-hybridized carbons (Fsp3) is 0.500. The summed E-state index contributed by atoms with van der Waals surface area (Å²) in [5.74, 6) is -0.680. The first kappa shape index (κ1) is 21.2. The minimum Gasteiger partial charge on any atom is -0.462 e. The third kappa shape index (κ3) is 6.46. The van der Waals surface area contributed by atoms with Crippen LogP contribution >= 0.6 is 12.4 Å². The summed E-state index contributed by atoms with van der Waals surface area (Å²) in [5, 5.41) is 5.93. The van der Waals surface area contributed by atoms with E-state index in [1.54, 1.807) is 25.1 Å². The Balaban J connectivity index is 0.00000484. The molecule has 0 saturated heterocycles. The number of esters is 1. The molecule has 0 bridgehead atoms. The second-order valence-corrected chi connectivity index (χ2v) is 4.90. The van der Waals surface area contributed by atoms with Gasteiger partial charge in [-0.25, -0.2) is 4.79 Å². The Labute approximate surface area is 143 Å². The Morgan fingerprint density at radius 2 is 1.91 bits per heavy atom. The van der Waals surface area contributed by atoms with Gasteiger partial charge >= 0.3 is 5.97 Å². The average molecular weight is 344 g/mol. The van der Waals surface area contributed by atoms with Gasteiger partial charge in [0.05, 0.1) is 29.6 Å². The van der Waals surface area contributed by atoms with E-state index in [4.69, 9.17) is 10.5 Å². The fourth-order valence-corrected chi connectivity index (χ4v) is 2.00. The summed E-state index contributed by atoms with van der Waals surface area (Å²) < 4.78 is 4.98. The molecule has 0 aliphatic carbocycles. The molecule has 1 aromatic carbocycles. The third-order valence-corrected chi connectivity index (χ3v) is 3.09. The van der Waals surface area contributed by atoms with Gasteiger partial charge in [0.15, 0.2) is 0 Å². The summed E-state index contributed by atoms with van der Waals surface area (Å²) in [6, 6.07) is 4.45. The zero-order valence-electron chi connectivity index (χ0n) is 13.8. The third-order valence-electron chi connectivity index (χ3n) is 3.09. The van der Waals surface area contributed by atoms with Gasteiger partial charge < -0.3 is 21.1 Å². The molecule has 1 rings (SSSR count). The van der Waals surface area contributed by atoms with Crippen LogP contribution in [0.2, 0.25) is 0 Å². The number of anilines is 2. The van der Waals surface area contributed by atoms with Gasteiger partial charge in [-0.1, -0.05) is 13.3 Å². The maximum absolute atomic E-state index is 12.1. The van der Waals surface area contributed by atoms with Crippen molar-refractivity contribution in [3.8, 4) is 0 Å². The maximum Gasteiger partial charge on any atom is 0.338 e. The van der Waals surface area contributed by atoms with Crippen LogP contribution in [0.1, 0.15) is 44.0 Å². The van der Waals surface area contributed by atoms with Crippen LogP contribution in [0.15, 0.2) is 18.2 Å². The normalized spacial score (nSPS) is 11.1. The molecule has 4 N–H and O–H groups in total. The van der Waals surface area contributed by atoms with E-state index in [0.717, 1.165) is 12.1 Å². The van der Waals surface area contributed by atoms with Crippen LogP contribution in [-0.4, -0.2) is 31.1 Å². The number of halogens is 1. The Morgan fingerprint density at radius 1 is 1.22 bits per heavy atom. The minimum absolute atomic E-state index is 0. The molecule has 1 amide bonds. The molecule has 6 nitrogen and oxygen atoms in total. The first-order valence-corrected chi connectivity index (χ1v) is 7.64. The highest BCUT2D eigenvalue weighted by Gasteiger charge is 2.16. The molecule has 0 radical (unpaired) electrons. The van der Waals surface area contributed by atoms with Crippen LogP contribution in [0.3, 0.4) is 0 Å². The predicted molar refractivity (Wildman–Crippen MR) is 95.3 cm³/mol. The topological polar surface area (TPSA) is 93.5 Å². The van der Waals surface area contributed by atoms with Crippen LogP contribution in [0.4, 0.5) is 11.4 Å². The second-order valence-electron chi connectivity index (χ2n) is 4.90. The van der Waals surface area contributed by atoms with Gasteiger partial charge in [0.25, 0.3) is 0 Å². The molecule has 0 aliphatic rings. The lowest BCUT2D eigenvalue weighted by Crippen LogP contribution is -2.35. The van der Waals surface area contributed by atoms with Gasteiger partial charge in [0.2, 0.25) is 5.91 Å². The summed E-state index contributed by atoms with van der Waals surface area (Å²) in [7, 11) is 0. The van der Waals surface area contributed by atoms with Gasteiger partial charge in [-0.2, -0.15) is 0 Å². The summed E-state index contributed by atoms with van der Waals surface area (Å²) in [6.45, 7) is 6.67. The van der Waals surface area contributed by atoms with E-state index in [0.29, 0.717) is 30.8 Å². The molecule has 0 fully saturated rings. The predicted octanol–water partition coefficient (Wildman–Crippen LogP) is 2.78. The summed E-state index contributed by atoms with van der Waals surface area (Å²) >= 11 is 0. The van der Waals surface area contributed by atoms with Crippen LogP contribution < -0.4 is 16.4 Å². The highest BCUT2D eigenvalue weighted by molar-refractivity contribution is 6.00. The van der Waals surface area contributed by atoms with Gasteiger partial charge in [-0.05, 0) is 38.5 Å². The monoisotopic (exact) mass is 343 g/mol. The van der Waals surface area contributed by atoms with Gasteiger partial charge in [-0.15, -0.1) is 12.4 Å². The van der Waals surface area contributed by atoms with E-state index in [9.17, 15) is 9.59 Å². The first-order chi connectivity index (χ1) is 10.5. The van der Waals surface area contributed by atoms with Gasteiger partial charge in [0.1, 0.15) is 0 Å². The van der Waals surface area contributed by atoms with Crippen molar-refractivity contribution < 1.29 is 14.3 Å². The van der Waals surface area contributed by atoms with Crippen molar-refractivity contribution in [2.75, 3.05) is 23.8 Å². The molecule has 0 aliphatic heterocycles. The molecule has 7 heteroatoms. The summed E-state index contributed by atoms with van der Waals surface area (Å²) in [6.07, 6.45) is 1.44. The minimum atomic E-state index is -0.564. The maximum atomic E-state index is 12.1. The van der Waals surface area contributed by atoms with Crippen molar-refractivity contribution in [3.63, 3.8) is 0 Å². The number of hydrogen-bond acceptors (Lipinski definition) is 5. The number of amides is 1. The van der Waals surface area contributed by atoms with E-state index in [-0.39, 0.29) is 18.3 Å². The number of rotatable bonds is 8. The van der Waals surface area contributed by atoms with E-state index in [1.807, 2.05) is 13.8 Å². The van der Waals surface area contributed by atoms with Crippen molar-refractivity contribution in [1.29, 1.82) is 0 Å². The Kier molecular flexibility index (Phi) is 10.0. The molecule has 1 atom stereocenters. The van der Waals surface area contributed by atoms with Crippen LogP contribution in [0.25, 0.3) is 0 Å². The van der Waals surface area contributed by atoms with Crippen molar-refractivity contribution >= 4 is 35.7 Å². The van der Waals surface area contributed by atoms with E-state index in [1.165, 1.54) is 0 Å². The highest BCUT2D eigenvalue weighted by Crippen LogP contribution is 2.24. The molecule has 0 saturated carbocycles. The number of benzene rings is 1. The molecule has 23 heavy (non-hydrogen) atoms. The molecule has 1 unspecified atom stereocenters. The quantitative estimate of drug-likeness (QED) is 0.631. The number of nitrogens with two attached hydrogens (primary N) is 1. The molecular weight excluding hydrogens is 318 g/mol. The standard InChI is InChI=1S/C16H25N3O3.ClH/c1-4-7-12(17)15(20)19-14-10-11(16(21)22-6-3)8-9-13(14)18-5-2;/h8-10,12,18H,4-7,17H2,1-3H3,(H,19,20);1H. The van der Waals surface area contributed by atoms with E-state index >= 15 is 0 Å². The van der Waals surface area contributed by atoms with Gasteiger partial charge in [0, 0.05) is 6.54 Å². The first-order valence-electron chi connectivity index (χ1n) is 7.64.